The number of carbonyl (C=O) groups is 1. The second-order valence-corrected chi connectivity index (χ2v) is 4.79. The Labute approximate surface area is 113 Å². The summed E-state index contributed by atoms with van der Waals surface area (Å²) in [6.07, 6.45) is 0.412. The molecular formula is C15H20O4. The molecule has 1 aliphatic rings. The molecule has 0 bridgehead atoms. The number of aliphatic hydroxyl groups is 1. The summed E-state index contributed by atoms with van der Waals surface area (Å²) in [6.45, 7) is 2.15. The fourth-order valence-corrected chi connectivity index (χ4v) is 2.41. The molecule has 0 unspecified atom stereocenters. The van der Waals surface area contributed by atoms with E-state index in [-0.39, 0.29) is 24.6 Å². The van der Waals surface area contributed by atoms with Gasteiger partial charge in [-0.2, -0.15) is 0 Å². The molecule has 0 aliphatic carbocycles. The monoisotopic (exact) mass is 264 g/mol. The van der Waals surface area contributed by atoms with Crippen molar-refractivity contribution in [1.82, 2.24) is 0 Å². The number of hydrogen-bond donors (Lipinski definition) is 1. The van der Waals surface area contributed by atoms with Gasteiger partial charge in [0, 0.05) is 12.8 Å². The predicted molar refractivity (Wildman–Crippen MR) is 70.5 cm³/mol. The van der Waals surface area contributed by atoms with Crippen LogP contribution in [-0.2, 0) is 14.3 Å². The molecule has 0 radical (unpaired) electrons. The second kappa shape index (κ2) is 6.68. The highest BCUT2D eigenvalue weighted by Crippen LogP contribution is 2.32. The molecule has 0 spiro atoms. The first kappa shape index (κ1) is 14.0. The van der Waals surface area contributed by atoms with E-state index in [1.54, 1.807) is 6.92 Å². The number of ether oxygens (including phenoxy) is 2. The van der Waals surface area contributed by atoms with Crippen molar-refractivity contribution in [1.29, 1.82) is 0 Å². The van der Waals surface area contributed by atoms with E-state index in [2.05, 4.69) is 0 Å². The molecule has 104 valence electrons. The quantitative estimate of drug-likeness (QED) is 0.847. The summed E-state index contributed by atoms with van der Waals surface area (Å²) in [5.74, 6) is -0.270. The van der Waals surface area contributed by atoms with E-state index in [0.29, 0.717) is 19.4 Å². The van der Waals surface area contributed by atoms with Crippen molar-refractivity contribution in [2.75, 3.05) is 6.61 Å². The lowest BCUT2D eigenvalue weighted by atomic mass is 9.95. The maximum absolute atomic E-state index is 11.5. The van der Waals surface area contributed by atoms with Crippen LogP contribution in [0, 0.1) is 0 Å². The van der Waals surface area contributed by atoms with E-state index >= 15 is 0 Å². The van der Waals surface area contributed by atoms with Gasteiger partial charge in [0.05, 0.1) is 31.3 Å². The molecule has 1 saturated heterocycles. The van der Waals surface area contributed by atoms with Crippen LogP contribution in [0.3, 0.4) is 0 Å². The summed E-state index contributed by atoms with van der Waals surface area (Å²) in [5.41, 5.74) is 1.04. The van der Waals surface area contributed by atoms with Gasteiger partial charge in [-0.1, -0.05) is 30.3 Å². The average Bonchev–Trinajstić information content (AvgIpc) is 2.39. The van der Waals surface area contributed by atoms with Gasteiger partial charge in [0.25, 0.3) is 0 Å². The summed E-state index contributed by atoms with van der Waals surface area (Å²) in [4.78, 5) is 11.5. The molecule has 1 fully saturated rings. The first-order valence-corrected chi connectivity index (χ1v) is 6.73. The van der Waals surface area contributed by atoms with Gasteiger partial charge in [0.1, 0.15) is 0 Å². The van der Waals surface area contributed by atoms with Crippen LogP contribution in [0.15, 0.2) is 30.3 Å². The predicted octanol–water partition coefficient (Wildman–Crippen LogP) is 2.22. The van der Waals surface area contributed by atoms with Gasteiger partial charge in [-0.05, 0) is 12.5 Å². The topological polar surface area (TPSA) is 55.8 Å². The van der Waals surface area contributed by atoms with Crippen LogP contribution >= 0.6 is 0 Å². The van der Waals surface area contributed by atoms with E-state index in [9.17, 15) is 9.90 Å². The lowest BCUT2D eigenvalue weighted by molar-refractivity contribution is -0.152. The molecule has 4 heteroatoms. The summed E-state index contributed by atoms with van der Waals surface area (Å²) in [5, 5.41) is 9.92. The number of carbonyl (C=O) groups excluding carboxylic acids is 1. The summed E-state index contributed by atoms with van der Waals surface area (Å²) in [6, 6.07) is 9.78. The van der Waals surface area contributed by atoms with Crippen molar-refractivity contribution in [3.8, 4) is 0 Å². The van der Waals surface area contributed by atoms with E-state index in [4.69, 9.17) is 9.47 Å². The molecule has 1 aromatic rings. The number of aliphatic hydroxyl groups excluding tert-OH is 1. The highest BCUT2D eigenvalue weighted by molar-refractivity contribution is 5.69. The van der Waals surface area contributed by atoms with Gasteiger partial charge in [-0.15, -0.1) is 0 Å². The molecule has 19 heavy (non-hydrogen) atoms. The van der Waals surface area contributed by atoms with Crippen molar-refractivity contribution >= 4 is 5.97 Å². The zero-order valence-electron chi connectivity index (χ0n) is 11.1. The third-order valence-corrected chi connectivity index (χ3v) is 3.25. The fourth-order valence-electron chi connectivity index (χ4n) is 2.41. The third kappa shape index (κ3) is 4.04. The minimum absolute atomic E-state index is 0.149. The van der Waals surface area contributed by atoms with Crippen LogP contribution in [0.2, 0.25) is 0 Å². The average molecular weight is 264 g/mol. The largest absolute Gasteiger partial charge is 0.466 e. The third-order valence-electron chi connectivity index (χ3n) is 3.25. The summed E-state index contributed by atoms with van der Waals surface area (Å²) < 4.78 is 10.8. The minimum atomic E-state index is -0.432. The van der Waals surface area contributed by atoms with Gasteiger partial charge >= 0.3 is 5.97 Å². The SMILES string of the molecule is CCOC(=O)C[C@@H]1C[C@H](O)C[C@H](c2ccccc2)O1. The van der Waals surface area contributed by atoms with Crippen LogP contribution in [0.4, 0.5) is 0 Å². The van der Waals surface area contributed by atoms with Crippen LogP contribution < -0.4 is 0 Å². The van der Waals surface area contributed by atoms with Crippen LogP contribution in [-0.4, -0.2) is 29.9 Å². The smallest absolute Gasteiger partial charge is 0.308 e. The Kier molecular flexibility index (Phi) is 4.93. The first-order chi connectivity index (χ1) is 9.19. The normalized spacial score (nSPS) is 26.9. The second-order valence-electron chi connectivity index (χ2n) is 4.79. The van der Waals surface area contributed by atoms with Crippen LogP contribution in [0.5, 0.6) is 0 Å². The van der Waals surface area contributed by atoms with E-state index in [1.165, 1.54) is 0 Å². The fraction of sp³-hybridized carbons (Fsp3) is 0.533. The van der Waals surface area contributed by atoms with Gasteiger partial charge in [-0.25, -0.2) is 0 Å². The molecule has 3 atom stereocenters. The molecule has 1 N–H and O–H groups in total. The van der Waals surface area contributed by atoms with Crippen molar-refractivity contribution in [3.63, 3.8) is 0 Å². The number of hydrogen-bond acceptors (Lipinski definition) is 4. The van der Waals surface area contributed by atoms with Crippen molar-refractivity contribution in [2.45, 2.75) is 44.5 Å². The highest BCUT2D eigenvalue weighted by atomic mass is 16.5. The molecular weight excluding hydrogens is 244 g/mol. The molecule has 1 aromatic carbocycles. The standard InChI is InChI=1S/C15H20O4/c1-2-18-15(17)10-13-8-12(16)9-14(19-13)11-6-4-3-5-7-11/h3-7,12-14,16H,2,8-10H2,1H3/t12-,13-,14+/m0/s1. The number of benzene rings is 1. The van der Waals surface area contributed by atoms with Crippen LogP contribution in [0.1, 0.15) is 37.9 Å². The minimum Gasteiger partial charge on any atom is -0.466 e. The molecule has 0 amide bonds. The van der Waals surface area contributed by atoms with Gasteiger partial charge in [-0.3, -0.25) is 4.79 Å². The Morgan fingerprint density at radius 3 is 2.79 bits per heavy atom. The van der Waals surface area contributed by atoms with E-state index < -0.39 is 6.10 Å². The van der Waals surface area contributed by atoms with Crippen molar-refractivity contribution in [2.24, 2.45) is 0 Å². The summed E-state index contributed by atoms with van der Waals surface area (Å²) >= 11 is 0. The Morgan fingerprint density at radius 1 is 1.37 bits per heavy atom. The lowest BCUT2D eigenvalue weighted by Crippen LogP contribution is -2.33. The van der Waals surface area contributed by atoms with Crippen molar-refractivity contribution < 1.29 is 19.4 Å². The number of esters is 1. The molecule has 2 rings (SSSR count). The first-order valence-electron chi connectivity index (χ1n) is 6.73. The zero-order valence-corrected chi connectivity index (χ0v) is 11.1. The Bertz CT molecular complexity index is 404. The van der Waals surface area contributed by atoms with Gasteiger partial charge < -0.3 is 14.6 Å². The van der Waals surface area contributed by atoms with Gasteiger partial charge in [0.2, 0.25) is 0 Å². The van der Waals surface area contributed by atoms with E-state index in [1.807, 2.05) is 30.3 Å². The molecule has 1 aliphatic heterocycles. The Hall–Kier alpha value is -1.39. The van der Waals surface area contributed by atoms with Crippen LogP contribution in [0.25, 0.3) is 0 Å². The lowest BCUT2D eigenvalue weighted by Gasteiger charge is -2.33. The molecule has 4 nitrogen and oxygen atoms in total. The highest BCUT2D eigenvalue weighted by Gasteiger charge is 2.30. The summed E-state index contributed by atoms with van der Waals surface area (Å²) in [7, 11) is 0. The maximum Gasteiger partial charge on any atom is 0.308 e. The number of rotatable bonds is 4. The van der Waals surface area contributed by atoms with Gasteiger partial charge in [0.15, 0.2) is 0 Å². The van der Waals surface area contributed by atoms with Crippen molar-refractivity contribution in [3.05, 3.63) is 35.9 Å². The zero-order chi connectivity index (χ0) is 13.7. The molecule has 1 heterocycles. The molecule has 0 saturated carbocycles. The maximum atomic E-state index is 11.5. The van der Waals surface area contributed by atoms with E-state index in [0.717, 1.165) is 5.56 Å². The Morgan fingerprint density at radius 2 is 2.11 bits per heavy atom. The molecule has 0 aromatic heterocycles. The Balaban J connectivity index is 1.98.